The molecule has 1 fully saturated rings. The molecule has 10 heteroatoms. The molecular weight excluding hydrogens is 461 g/mol. The van der Waals surface area contributed by atoms with Crippen LogP contribution in [-0.2, 0) is 17.3 Å². The highest BCUT2D eigenvalue weighted by molar-refractivity contribution is 9.10. The number of benzene rings is 1. The molecule has 0 spiro atoms. The maximum atomic E-state index is 14.6. The second kappa shape index (κ2) is 7.66. The maximum Gasteiger partial charge on any atom is 0.416 e. The van der Waals surface area contributed by atoms with Crippen molar-refractivity contribution >= 4 is 21.6 Å². The number of ether oxygens (including phenoxy) is 1. The van der Waals surface area contributed by atoms with Crippen LogP contribution in [0.15, 0.2) is 34.9 Å². The van der Waals surface area contributed by atoms with Gasteiger partial charge in [-0.25, -0.2) is 13.8 Å². The lowest BCUT2D eigenvalue weighted by Gasteiger charge is -2.24. The van der Waals surface area contributed by atoms with Crippen molar-refractivity contribution in [3.8, 4) is 11.3 Å². The monoisotopic (exact) mass is 475 g/mol. The first kappa shape index (κ1) is 20.2. The zero-order chi connectivity index (χ0) is 20.8. The van der Waals surface area contributed by atoms with Crippen LogP contribution in [0.1, 0.15) is 11.3 Å². The van der Waals surface area contributed by atoms with Crippen LogP contribution in [0.2, 0.25) is 0 Å². The van der Waals surface area contributed by atoms with E-state index >= 15 is 0 Å². The number of pyridine rings is 1. The number of halogens is 6. The number of rotatable bonds is 3. The Balaban J connectivity index is 1.90. The third-order valence-electron chi connectivity index (χ3n) is 4.72. The van der Waals surface area contributed by atoms with Gasteiger partial charge in [-0.1, -0.05) is 15.9 Å². The number of nitrogens with one attached hydrogen (secondary N) is 1. The molecule has 0 radical (unpaired) electrons. The Morgan fingerprint density at radius 3 is 2.55 bits per heavy atom. The standard InChI is InChI=1S/C19H15BrF5N3O/c20-11-6-13(21)17(14(22)7-11)18-15(8-12-9-26-2-4-29-12)28-3-1-10(19(23,24)25)5-16(28)27-18/h1,3,5-7,12,26H,2,4,8-9H2. The molecule has 4 rings (SSSR count). The first-order valence-electron chi connectivity index (χ1n) is 8.79. The molecule has 0 saturated carbocycles. The van der Waals surface area contributed by atoms with Crippen molar-refractivity contribution in [2.75, 3.05) is 19.7 Å². The van der Waals surface area contributed by atoms with Gasteiger partial charge in [0.05, 0.1) is 35.2 Å². The van der Waals surface area contributed by atoms with Crippen molar-refractivity contribution in [1.82, 2.24) is 14.7 Å². The Bertz CT molecular complexity index is 1040. The fourth-order valence-corrected chi connectivity index (χ4v) is 3.80. The number of hydrogen-bond donors (Lipinski definition) is 1. The summed E-state index contributed by atoms with van der Waals surface area (Å²) in [5.41, 5.74) is -0.983. The van der Waals surface area contributed by atoms with Crippen LogP contribution in [0.25, 0.3) is 16.9 Å². The highest BCUT2D eigenvalue weighted by atomic mass is 79.9. The molecule has 1 unspecified atom stereocenters. The third kappa shape index (κ3) is 4.01. The molecule has 4 nitrogen and oxygen atoms in total. The SMILES string of the molecule is Fc1cc(Br)cc(F)c1-c1nc2cc(C(F)(F)F)ccn2c1CC1CNCCO1. The topological polar surface area (TPSA) is 38.6 Å². The van der Waals surface area contributed by atoms with E-state index < -0.39 is 23.4 Å². The van der Waals surface area contributed by atoms with E-state index in [4.69, 9.17) is 4.74 Å². The van der Waals surface area contributed by atoms with Gasteiger partial charge in [-0.15, -0.1) is 0 Å². The number of morpholine rings is 1. The average Bonchev–Trinajstić information content (AvgIpc) is 2.98. The van der Waals surface area contributed by atoms with Crippen LogP contribution >= 0.6 is 15.9 Å². The third-order valence-corrected chi connectivity index (χ3v) is 5.18. The van der Waals surface area contributed by atoms with Crippen molar-refractivity contribution in [3.05, 3.63) is 57.8 Å². The molecule has 154 valence electrons. The van der Waals surface area contributed by atoms with Crippen LogP contribution in [0, 0.1) is 11.6 Å². The van der Waals surface area contributed by atoms with Gasteiger partial charge < -0.3 is 14.5 Å². The van der Waals surface area contributed by atoms with E-state index in [1.54, 1.807) is 0 Å². The van der Waals surface area contributed by atoms with E-state index in [0.29, 0.717) is 25.4 Å². The lowest BCUT2D eigenvalue weighted by Crippen LogP contribution is -2.39. The summed E-state index contributed by atoms with van der Waals surface area (Å²) in [5.74, 6) is -1.72. The lowest BCUT2D eigenvalue weighted by atomic mass is 10.0. The maximum absolute atomic E-state index is 14.6. The Morgan fingerprint density at radius 1 is 1.21 bits per heavy atom. The summed E-state index contributed by atoms with van der Waals surface area (Å²) < 4.78 is 75.8. The van der Waals surface area contributed by atoms with Crippen molar-refractivity contribution in [2.45, 2.75) is 18.7 Å². The number of nitrogens with zero attached hydrogens (tertiary/aromatic N) is 2. The van der Waals surface area contributed by atoms with Crippen LogP contribution in [-0.4, -0.2) is 35.2 Å². The van der Waals surface area contributed by atoms with Crippen LogP contribution in [0.5, 0.6) is 0 Å². The number of alkyl halides is 3. The molecule has 1 N–H and O–H groups in total. The minimum absolute atomic E-state index is 0.0407. The van der Waals surface area contributed by atoms with E-state index in [2.05, 4.69) is 26.2 Å². The summed E-state index contributed by atoms with van der Waals surface area (Å²) in [5, 5.41) is 3.16. The zero-order valence-corrected chi connectivity index (χ0v) is 16.4. The van der Waals surface area contributed by atoms with Crippen LogP contribution < -0.4 is 5.32 Å². The molecule has 3 heterocycles. The van der Waals surface area contributed by atoms with E-state index in [1.165, 1.54) is 10.6 Å². The normalized spacial score (nSPS) is 17.8. The first-order valence-corrected chi connectivity index (χ1v) is 9.59. The van der Waals surface area contributed by atoms with Gasteiger partial charge in [0.25, 0.3) is 0 Å². The van der Waals surface area contributed by atoms with E-state index in [-0.39, 0.29) is 33.9 Å². The molecule has 1 aliphatic rings. The van der Waals surface area contributed by atoms with Gasteiger partial charge in [0, 0.05) is 30.2 Å². The van der Waals surface area contributed by atoms with Gasteiger partial charge in [0.2, 0.25) is 0 Å². The summed E-state index contributed by atoms with van der Waals surface area (Å²) >= 11 is 3.02. The minimum Gasteiger partial charge on any atom is -0.375 e. The number of aromatic nitrogens is 2. The molecule has 0 amide bonds. The second-order valence-electron chi connectivity index (χ2n) is 6.69. The molecule has 0 bridgehead atoms. The molecule has 2 aromatic heterocycles. The summed E-state index contributed by atoms with van der Waals surface area (Å²) in [6, 6.07) is 3.95. The largest absolute Gasteiger partial charge is 0.416 e. The molecule has 1 saturated heterocycles. The van der Waals surface area contributed by atoms with Crippen molar-refractivity contribution in [3.63, 3.8) is 0 Å². The number of fused-ring (bicyclic) bond motifs is 1. The Morgan fingerprint density at radius 2 is 1.93 bits per heavy atom. The van der Waals surface area contributed by atoms with Crippen molar-refractivity contribution in [2.24, 2.45) is 0 Å². The molecule has 0 aliphatic carbocycles. The molecule has 1 aliphatic heterocycles. The molecule has 1 aromatic carbocycles. The molecular formula is C19H15BrF5N3O. The van der Waals surface area contributed by atoms with E-state index in [9.17, 15) is 22.0 Å². The minimum atomic E-state index is -4.56. The highest BCUT2D eigenvalue weighted by Crippen LogP contribution is 2.35. The lowest BCUT2D eigenvalue weighted by molar-refractivity contribution is -0.137. The Kier molecular flexibility index (Phi) is 5.34. The van der Waals surface area contributed by atoms with Crippen molar-refractivity contribution in [1.29, 1.82) is 0 Å². The predicted octanol–water partition coefficient (Wildman–Crippen LogP) is 4.59. The van der Waals surface area contributed by atoms with Gasteiger partial charge >= 0.3 is 6.18 Å². The average molecular weight is 476 g/mol. The quantitative estimate of drug-likeness (QED) is 0.563. The summed E-state index contributed by atoms with van der Waals surface area (Å²) in [7, 11) is 0. The van der Waals surface area contributed by atoms with Gasteiger partial charge in [0.15, 0.2) is 0 Å². The van der Waals surface area contributed by atoms with Gasteiger partial charge in [-0.2, -0.15) is 13.2 Å². The summed E-state index contributed by atoms with van der Waals surface area (Å²) in [4.78, 5) is 4.17. The zero-order valence-electron chi connectivity index (χ0n) is 14.9. The second-order valence-corrected chi connectivity index (χ2v) is 7.61. The fraction of sp³-hybridized carbons (Fsp3) is 0.316. The number of hydrogen-bond acceptors (Lipinski definition) is 3. The van der Waals surface area contributed by atoms with Gasteiger partial charge in [-0.3, -0.25) is 0 Å². The summed E-state index contributed by atoms with van der Waals surface area (Å²) in [6.45, 7) is 1.66. The van der Waals surface area contributed by atoms with E-state index in [0.717, 1.165) is 24.3 Å². The van der Waals surface area contributed by atoms with Crippen LogP contribution in [0.4, 0.5) is 22.0 Å². The van der Waals surface area contributed by atoms with Crippen LogP contribution in [0.3, 0.4) is 0 Å². The number of imidazole rings is 1. The van der Waals surface area contributed by atoms with Gasteiger partial charge in [0.1, 0.15) is 17.3 Å². The summed E-state index contributed by atoms with van der Waals surface area (Å²) in [6.07, 6.45) is -3.41. The molecule has 1 atom stereocenters. The Hall–Kier alpha value is -2.04. The molecule has 3 aromatic rings. The smallest absolute Gasteiger partial charge is 0.375 e. The van der Waals surface area contributed by atoms with Gasteiger partial charge in [-0.05, 0) is 24.3 Å². The van der Waals surface area contributed by atoms with Crippen molar-refractivity contribution < 1.29 is 26.7 Å². The predicted molar refractivity (Wildman–Crippen MR) is 99.6 cm³/mol. The Labute approximate surface area is 170 Å². The molecule has 29 heavy (non-hydrogen) atoms. The van der Waals surface area contributed by atoms with E-state index in [1.807, 2.05) is 0 Å². The fourth-order valence-electron chi connectivity index (χ4n) is 3.40. The highest BCUT2D eigenvalue weighted by Gasteiger charge is 2.32. The first-order chi connectivity index (χ1) is 13.7.